The molecule has 2 N–H and O–H groups in total. The molecular formula is C19H28Cl2N4O2. The van der Waals surface area contributed by atoms with Gasteiger partial charge in [0.05, 0.1) is 11.4 Å². The molecule has 3 aliphatic rings. The molecule has 0 radical (unpaired) electrons. The number of anilines is 2. The number of carbonyl (C=O) groups is 2. The van der Waals surface area contributed by atoms with Gasteiger partial charge in [0.1, 0.15) is 0 Å². The second-order valence-corrected chi connectivity index (χ2v) is 7.67. The van der Waals surface area contributed by atoms with Crippen LogP contribution in [0.25, 0.3) is 0 Å². The van der Waals surface area contributed by atoms with Gasteiger partial charge in [-0.1, -0.05) is 0 Å². The maximum atomic E-state index is 12.9. The molecular weight excluding hydrogens is 387 g/mol. The summed E-state index contributed by atoms with van der Waals surface area (Å²) in [5, 5.41) is 6.39. The molecule has 0 atom stereocenters. The van der Waals surface area contributed by atoms with Crippen molar-refractivity contribution in [2.45, 2.75) is 25.7 Å². The number of piperidine rings is 1. The second kappa shape index (κ2) is 8.67. The van der Waals surface area contributed by atoms with Gasteiger partial charge in [-0.05, 0) is 49.4 Å². The average molecular weight is 415 g/mol. The third-order valence-electron chi connectivity index (χ3n) is 6.05. The van der Waals surface area contributed by atoms with Gasteiger partial charge in [-0.15, -0.1) is 24.8 Å². The van der Waals surface area contributed by atoms with E-state index >= 15 is 0 Å². The minimum Gasteiger partial charge on any atom is -0.372 e. The summed E-state index contributed by atoms with van der Waals surface area (Å²) in [5.41, 5.74) is 2.78. The van der Waals surface area contributed by atoms with Gasteiger partial charge in [-0.25, -0.2) is 0 Å². The molecule has 0 aliphatic carbocycles. The van der Waals surface area contributed by atoms with Gasteiger partial charge in [0.25, 0.3) is 5.91 Å². The highest BCUT2D eigenvalue weighted by molar-refractivity contribution is 6.01. The fraction of sp³-hybridized carbons (Fsp3) is 0.579. The molecule has 2 fully saturated rings. The Morgan fingerprint density at radius 3 is 2.52 bits per heavy atom. The molecule has 1 spiro atoms. The Balaban J connectivity index is 0.00000131. The summed E-state index contributed by atoms with van der Waals surface area (Å²) in [6, 6.07) is 5.66. The topological polar surface area (TPSA) is 64.7 Å². The summed E-state index contributed by atoms with van der Waals surface area (Å²) in [6.45, 7) is 4.53. The summed E-state index contributed by atoms with van der Waals surface area (Å²) in [5.74, 6) is 0.0774. The van der Waals surface area contributed by atoms with E-state index in [4.69, 9.17) is 0 Å². The van der Waals surface area contributed by atoms with Crippen LogP contribution in [0.1, 0.15) is 36.0 Å². The summed E-state index contributed by atoms with van der Waals surface area (Å²) in [6.07, 6.45) is 3.86. The van der Waals surface area contributed by atoms with E-state index in [-0.39, 0.29) is 36.6 Å². The molecule has 6 nitrogen and oxygen atoms in total. The van der Waals surface area contributed by atoms with E-state index in [2.05, 4.69) is 15.5 Å². The summed E-state index contributed by atoms with van der Waals surface area (Å²) >= 11 is 0. The number of rotatable bonds is 1. The van der Waals surface area contributed by atoms with Crippen LogP contribution in [0.5, 0.6) is 0 Å². The maximum absolute atomic E-state index is 12.9. The van der Waals surface area contributed by atoms with E-state index in [0.717, 1.165) is 50.4 Å². The Hall–Kier alpha value is -1.50. The van der Waals surface area contributed by atoms with Crippen LogP contribution in [0.4, 0.5) is 11.4 Å². The van der Waals surface area contributed by atoms with Crippen molar-refractivity contribution in [3.05, 3.63) is 23.8 Å². The largest absolute Gasteiger partial charge is 0.372 e. The maximum Gasteiger partial charge on any atom is 0.253 e. The van der Waals surface area contributed by atoms with Crippen molar-refractivity contribution in [2.75, 3.05) is 50.0 Å². The first-order chi connectivity index (χ1) is 12.1. The van der Waals surface area contributed by atoms with Crippen LogP contribution in [-0.4, -0.2) is 56.5 Å². The number of halogens is 2. The van der Waals surface area contributed by atoms with Gasteiger partial charge < -0.3 is 20.4 Å². The van der Waals surface area contributed by atoms with Crippen LogP contribution in [0.2, 0.25) is 0 Å². The molecule has 27 heavy (non-hydrogen) atoms. The summed E-state index contributed by atoms with van der Waals surface area (Å²) < 4.78 is 0. The zero-order valence-electron chi connectivity index (χ0n) is 15.6. The van der Waals surface area contributed by atoms with Crippen molar-refractivity contribution in [3.8, 4) is 0 Å². The van der Waals surface area contributed by atoms with Crippen LogP contribution in [0.3, 0.4) is 0 Å². The van der Waals surface area contributed by atoms with Crippen LogP contribution < -0.4 is 15.5 Å². The SMILES string of the molecule is CN1CCC(=O)Nc2cc(C(=O)N3CCC4(CCNC4)CC3)ccc21.Cl.Cl. The first kappa shape index (κ1) is 21.8. The van der Waals surface area contributed by atoms with Crippen LogP contribution in [-0.2, 0) is 4.79 Å². The fourth-order valence-corrected chi connectivity index (χ4v) is 4.29. The van der Waals surface area contributed by atoms with Gasteiger partial charge in [0.15, 0.2) is 0 Å². The van der Waals surface area contributed by atoms with E-state index in [1.54, 1.807) is 0 Å². The minimum absolute atomic E-state index is 0. The molecule has 0 unspecified atom stereocenters. The molecule has 4 rings (SSSR count). The lowest BCUT2D eigenvalue weighted by Gasteiger charge is -2.39. The van der Waals surface area contributed by atoms with Crippen molar-refractivity contribution in [3.63, 3.8) is 0 Å². The third kappa shape index (κ3) is 4.33. The van der Waals surface area contributed by atoms with E-state index in [1.807, 2.05) is 30.1 Å². The van der Waals surface area contributed by atoms with Gasteiger partial charge in [-0.2, -0.15) is 0 Å². The van der Waals surface area contributed by atoms with Crippen LogP contribution in [0, 0.1) is 5.41 Å². The fourth-order valence-electron chi connectivity index (χ4n) is 4.29. The Morgan fingerprint density at radius 1 is 1.11 bits per heavy atom. The highest BCUT2D eigenvalue weighted by atomic mass is 35.5. The summed E-state index contributed by atoms with van der Waals surface area (Å²) in [4.78, 5) is 28.8. The highest BCUT2D eigenvalue weighted by Gasteiger charge is 2.38. The number of nitrogens with zero attached hydrogens (tertiary/aromatic N) is 2. The number of hydrogen-bond acceptors (Lipinski definition) is 4. The van der Waals surface area contributed by atoms with E-state index < -0.39 is 0 Å². The monoisotopic (exact) mass is 414 g/mol. The first-order valence-corrected chi connectivity index (χ1v) is 9.21. The predicted octanol–water partition coefficient (Wildman–Crippen LogP) is 2.52. The van der Waals surface area contributed by atoms with Crippen molar-refractivity contribution < 1.29 is 9.59 Å². The molecule has 0 aromatic heterocycles. The molecule has 3 heterocycles. The number of likely N-dealkylation sites (tertiary alicyclic amines) is 1. The predicted molar refractivity (Wildman–Crippen MR) is 113 cm³/mol. The average Bonchev–Trinajstić information content (AvgIpc) is 3.02. The zero-order chi connectivity index (χ0) is 17.4. The highest BCUT2D eigenvalue weighted by Crippen LogP contribution is 2.37. The molecule has 3 aliphatic heterocycles. The lowest BCUT2D eigenvalue weighted by atomic mass is 9.78. The number of fused-ring (bicyclic) bond motifs is 1. The number of benzene rings is 1. The number of nitrogens with one attached hydrogen (secondary N) is 2. The first-order valence-electron chi connectivity index (χ1n) is 9.21. The summed E-state index contributed by atoms with van der Waals surface area (Å²) in [7, 11) is 1.97. The lowest BCUT2D eigenvalue weighted by molar-refractivity contribution is -0.115. The number of carbonyl (C=O) groups excluding carboxylic acids is 2. The normalized spacial score (nSPS) is 20.9. The molecule has 8 heteroatoms. The minimum atomic E-state index is 0. The van der Waals surface area contributed by atoms with Crippen LogP contribution in [0.15, 0.2) is 18.2 Å². The molecule has 150 valence electrons. The van der Waals surface area contributed by atoms with Crippen molar-refractivity contribution in [1.29, 1.82) is 0 Å². The molecule has 0 saturated carbocycles. The molecule has 2 saturated heterocycles. The Morgan fingerprint density at radius 2 is 1.85 bits per heavy atom. The molecule has 1 aromatic carbocycles. The quantitative estimate of drug-likeness (QED) is 0.740. The van der Waals surface area contributed by atoms with Gasteiger partial charge in [-0.3, -0.25) is 9.59 Å². The van der Waals surface area contributed by atoms with Crippen molar-refractivity contribution in [2.24, 2.45) is 5.41 Å². The van der Waals surface area contributed by atoms with Crippen molar-refractivity contribution >= 4 is 48.0 Å². The van der Waals surface area contributed by atoms with Gasteiger partial charge in [0, 0.05) is 45.2 Å². The third-order valence-corrected chi connectivity index (χ3v) is 6.05. The Bertz CT molecular complexity index is 697. The Labute approximate surface area is 172 Å². The van der Waals surface area contributed by atoms with E-state index in [0.29, 0.717) is 23.9 Å². The number of hydrogen-bond donors (Lipinski definition) is 2. The zero-order valence-corrected chi connectivity index (χ0v) is 17.3. The lowest BCUT2D eigenvalue weighted by Crippen LogP contribution is -2.44. The number of amides is 2. The molecule has 2 amide bonds. The van der Waals surface area contributed by atoms with Crippen LogP contribution >= 0.6 is 24.8 Å². The Kier molecular flexibility index (Phi) is 7.00. The standard InChI is InChI=1S/C19H26N4O2.2ClH/c1-22-9-4-17(24)21-15-12-14(2-3-16(15)22)18(25)23-10-6-19(7-11-23)5-8-20-13-19;;/h2-3,12,20H,4-11,13H2,1H3,(H,21,24);2*1H. The smallest absolute Gasteiger partial charge is 0.253 e. The van der Waals surface area contributed by atoms with E-state index in [9.17, 15) is 9.59 Å². The van der Waals surface area contributed by atoms with Gasteiger partial charge >= 0.3 is 0 Å². The molecule has 0 bridgehead atoms. The second-order valence-electron chi connectivity index (χ2n) is 7.67. The molecule has 1 aromatic rings. The van der Waals surface area contributed by atoms with E-state index in [1.165, 1.54) is 6.42 Å². The van der Waals surface area contributed by atoms with Gasteiger partial charge in [0.2, 0.25) is 5.91 Å². The van der Waals surface area contributed by atoms with Crippen molar-refractivity contribution in [1.82, 2.24) is 10.2 Å².